The Morgan fingerprint density at radius 2 is 1.86 bits per heavy atom. The SMILES string of the molecule is CCCCOc1ccc(NC(=O)C=CC(=O)OCC)cc1. The molecule has 0 aliphatic rings. The van der Waals surface area contributed by atoms with Crippen molar-refractivity contribution in [3.05, 3.63) is 36.4 Å². The molecule has 0 aromatic heterocycles. The Kier molecular flexibility index (Phi) is 7.64. The van der Waals surface area contributed by atoms with Gasteiger partial charge in [-0.3, -0.25) is 4.79 Å². The molecule has 114 valence electrons. The Balaban J connectivity index is 2.44. The second-order valence-corrected chi connectivity index (χ2v) is 4.30. The number of rotatable bonds is 8. The van der Waals surface area contributed by atoms with E-state index in [2.05, 4.69) is 17.0 Å². The summed E-state index contributed by atoms with van der Waals surface area (Å²) >= 11 is 0. The van der Waals surface area contributed by atoms with Gasteiger partial charge in [0.2, 0.25) is 5.91 Å². The van der Waals surface area contributed by atoms with Crippen LogP contribution in [0.4, 0.5) is 5.69 Å². The molecule has 0 aliphatic carbocycles. The number of esters is 1. The maximum atomic E-state index is 11.6. The third kappa shape index (κ3) is 7.15. The molecule has 1 amide bonds. The van der Waals surface area contributed by atoms with Gasteiger partial charge in [0.1, 0.15) is 5.75 Å². The highest BCUT2D eigenvalue weighted by molar-refractivity contribution is 6.02. The van der Waals surface area contributed by atoms with Gasteiger partial charge in [0.15, 0.2) is 0 Å². The lowest BCUT2D eigenvalue weighted by molar-refractivity contribution is -0.137. The molecule has 0 atom stereocenters. The third-order valence-corrected chi connectivity index (χ3v) is 2.55. The molecule has 0 heterocycles. The standard InChI is InChI=1S/C16H21NO4/c1-3-5-12-21-14-8-6-13(7-9-14)17-15(18)10-11-16(19)20-4-2/h6-11H,3-5,12H2,1-2H3,(H,17,18). The molecule has 0 unspecified atom stereocenters. The minimum atomic E-state index is -0.535. The summed E-state index contributed by atoms with van der Waals surface area (Å²) in [5.74, 6) is -0.154. The average Bonchev–Trinajstić information content (AvgIpc) is 2.48. The van der Waals surface area contributed by atoms with Crippen LogP contribution in [0.25, 0.3) is 0 Å². The number of amides is 1. The van der Waals surface area contributed by atoms with Crippen molar-refractivity contribution in [2.75, 3.05) is 18.5 Å². The second-order valence-electron chi connectivity index (χ2n) is 4.30. The highest BCUT2D eigenvalue weighted by Crippen LogP contribution is 2.16. The van der Waals surface area contributed by atoms with Crippen molar-refractivity contribution in [2.24, 2.45) is 0 Å². The van der Waals surface area contributed by atoms with Crippen molar-refractivity contribution in [2.45, 2.75) is 26.7 Å². The summed E-state index contributed by atoms with van der Waals surface area (Å²) in [6, 6.07) is 7.08. The summed E-state index contributed by atoms with van der Waals surface area (Å²) in [5.41, 5.74) is 0.636. The summed E-state index contributed by atoms with van der Waals surface area (Å²) in [4.78, 5) is 22.6. The van der Waals surface area contributed by atoms with Gasteiger partial charge in [0, 0.05) is 17.8 Å². The van der Waals surface area contributed by atoms with Crippen molar-refractivity contribution in [3.8, 4) is 5.75 Å². The fraction of sp³-hybridized carbons (Fsp3) is 0.375. The van der Waals surface area contributed by atoms with Crippen LogP contribution < -0.4 is 10.1 Å². The van der Waals surface area contributed by atoms with Gasteiger partial charge >= 0.3 is 5.97 Å². The fourth-order valence-electron chi connectivity index (χ4n) is 1.49. The average molecular weight is 291 g/mol. The van der Waals surface area contributed by atoms with E-state index in [4.69, 9.17) is 4.74 Å². The molecule has 0 radical (unpaired) electrons. The van der Waals surface area contributed by atoms with E-state index >= 15 is 0 Å². The summed E-state index contributed by atoms with van der Waals surface area (Å²) in [7, 11) is 0. The quantitative estimate of drug-likeness (QED) is 0.454. The maximum Gasteiger partial charge on any atom is 0.330 e. The van der Waals surface area contributed by atoms with Gasteiger partial charge in [-0.15, -0.1) is 0 Å². The van der Waals surface area contributed by atoms with Crippen LogP contribution in [0.5, 0.6) is 5.75 Å². The van der Waals surface area contributed by atoms with Gasteiger partial charge in [-0.25, -0.2) is 4.79 Å². The molecule has 0 aliphatic heterocycles. The monoisotopic (exact) mass is 291 g/mol. The molecule has 21 heavy (non-hydrogen) atoms. The molecular formula is C16H21NO4. The molecule has 1 rings (SSSR count). The highest BCUT2D eigenvalue weighted by Gasteiger charge is 2.01. The lowest BCUT2D eigenvalue weighted by Crippen LogP contribution is -2.09. The Hall–Kier alpha value is -2.30. The lowest BCUT2D eigenvalue weighted by Gasteiger charge is -2.06. The first-order valence-corrected chi connectivity index (χ1v) is 7.04. The normalized spacial score (nSPS) is 10.4. The topological polar surface area (TPSA) is 64.6 Å². The third-order valence-electron chi connectivity index (χ3n) is 2.55. The van der Waals surface area contributed by atoms with Crippen LogP contribution in [0.3, 0.4) is 0 Å². The molecule has 5 nitrogen and oxygen atoms in total. The van der Waals surface area contributed by atoms with Gasteiger partial charge in [0.05, 0.1) is 13.2 Å². The van der Waals surface area contributed by atoms with Crippen LogP contribution in [0.1, 0.15) is 26.7 Å². The summed E-state index contributed by atoms with van der Waals surface area (Å²) in [6.07, 6.45) is 4.34. The largest absolute Gasteiger partial charge is 0.494 e. The van der Waals surface area contributed by atoms with Crippen molar-refractivity contribution >= 4 is 17.6 Å². The molecule has 1 aromatic carbocycles. The fourth-order valence-corrected chi connectivity index (χ4v) is 1.49. The van der Waals surface area contributed by atoms with Crippen LogP contribution >= 0.6 is 0 Å². The van der Waals surface area contributed by atoms with Crippen molar-refractivity contribution in [3.63, 3.8) is 0 Å². The molecular weight excluding hydrogens is 270 g/mol. The van der Waals surface area contributed by atoms with Crippen LogP contribution in [0.15, 0.2) is 36.4 Å². The van der Waals surface area contributed by atoms with Crippen LogP contribution in [0.2, 0.25) is 0 Å². The minimum absolute atomic E-state index is 0.282. The predicted octanol–water partition coefficient (Wildman–Crippen LogP) is 2.92. The van der Waals surface area contributed by atoms with Gasteiger partial charge < -0.3 is 14.8 Å². The summed E-state index contributed by atoms with van der Waals surface area (Å²) < 4.78 is 10.2. The Morgan fingerprint density at radius 1 is 1.14 bits per heavy atom. The van der Waals surface area contributed by atoms with Gasteiger partial charge in [-0.05, 0) is 37.6 Å². The smallest absolute Gasteiger partial charge is 0.330 e. The number of ether oxygens (including phenoxy) is 2. The Morgan fingerprint density at radius 3 is 2.48 bits per heavy atom. The predicted molar refractivity (Wildman–Crippen MR) is 81.2 cm³/mol. The first-order valence-electron chi connectivity index (χ1n) is 7.04. The number of anilines is 1. The molecule has 0 spiro atoms. The van der Waals surface area contributed by atoms with Crippen molar-refractivity contribution in [1.29, 1.82) is 0 Å². The van der Waals surface area contributed by atoms with Crippen LogP contribution in [-0.2, 0) is 14.3 Å². The lowest BCUT2D eigenvalue weighted by atomic mass is 10.3. The zero-order chi connectivity index (χ0) is 15.5. The van der Waals surface area contributed by atoms with Gasteiger partial charge in [0.25, 0.3) is 0 Å². The number of hydrogen-bond acceptors (Lipinski definition) is 4. The summed E-state index contributed by atoms with van der Waals surface area (Å²) in [6.45, 7) is 4.77. The first kappa shape index (κ1) is 16.8. The van der Waals surface area contributed by atoms with E-state index in [1.807, 2.05) is 0 Å². The molecule has 0 fully saturated rings. The van der Waals surface area contributed by atoms with E-state index in [0.29, 0.717) is 12.3 Å². The van der Waals surface area contributed by atoms with E-state index in [1.165, 1.54) is 0 Å². The van der Waals surface area contributed by atoms with Crippen LogP contribution in [-0.4, -0.2) is 25.1 Å². The Bertz CT molecular complexity index is 480. The number of unbranched alkanes of at least 4 members (excludes halogenated alkanes) is 1. The molecule has 0 saturated carbocycles. The number of hydrogen-bond donors (Lipinski definition) is 1. The molecule has 1 aromatic rings. The minimum Gasteiger partial charge on any atom is -0.494 e. The first-order chi connectivity index (χ1) is 10.2. The number of carbonyl (C=O) groups excluding carboxylic acids is 2. The molecule has 0 bridgehead atoms. The molecule has 5 heteroatoms. The zero-order valence-corrected chi connectivity index (χ0v) is 12.4. The van der Waals surface area contributed by atoms with E-state index in [-0.39, 0.29) is 12.5 Å². The Labute approximate surface area is 124 Å². The maximum absolute atomic E-state index is 11.6. The van der Waals surface area contributed by atoms with Gasteiger partial charge in [-0.1, -0.05) is 13.3 Å². The number of benzene rings is 1. The molecule has 1 N–H and O–H groups in total. The summed E-state index contributed by atoms with van der Waals surface area (Å²) in [5, 5.41) is 2.64. The van der Waals surface area contributed by atoms with E-state index < -0.39 is 5.97 Å². The van der Waals surface area contributed by atoms with E-state index in [9.17, 15) is 9.59 Å². The zero-order valence-electron chi connectivity index (χ0n) is 12.4. The van der Waals surface area contributed by atoms with Crippen molar-refractivity contribution in [1.82, 2.24) is 0 Å². The number of carbonyl (C=O) groups is 2. The van der Waals surface area contributed by atoms with E-state index in [0.717, 1.165) is 30.7 Å². The number of nitrogens with one attached hydrogen (secondary N) is 1. The van der Waals surface area contributed by atoms with Crippen molar-refractivity contribution < 1.29 is 19.1 Å². The molecule has 0 saturated heterocycles. The van der Waals surface area contributed by atoms with E-state index in [1.54, 1.807) is 31.2 Å². The highest BCUT2D eigenvalue weighted by atomic mass is 16.5. The van der Waals surface area contributed by atoms with Gasteiger partial charge in [-0.2, -0.15) is 0 Å². The van der Waals surface area contributed by atoms with Crippen LogP contribution in [0, 0.1) is 0 Å². The second kappa shape index (κ2) is 9.58.